The number of aliphatic imine (C=N–C) groups is 1. The van der Waals surface area contributed by atoms with Gasteiger partial charge in [0.05, 0.1) is 5.69 Å². The molecule has 1 aromatic heterocycles. The Kier molecular flexibility index (Phi) is 6.09. The first kappa shape index (κ1) is 18.6. The summed E-state index contributed by atoms with van der Waals surface area (Å²) in [4.78, 5) is 8.32. The van der Waals surface area contributed by atoms with Gasteiger partial charge in [-0.25, -0.2) is 4.39 Å². The molecule has 1 saturated carbocycles. The number of benzene rings is 1. The molecule has 1 heterocycles. The molecule has 1 aliphatic rings. The number of aryl methyl sites for hydroxylation is 1. The Morgan fingerprint density at radius 2 is 2.00 bits per heavy atom. The van der Waals surface area contributed by atoms with Crippen LogP contribution in [0.25, 0.3) is 0 Å². The van der Waals surface area contributed by atoms with E-state index in [-0.39, 0.29) is 11.7 Å². The van der Waals surface area contributed by atoms with Crippen LogP contribution in [0, 0.1) is 12.7 Å². The summed E-state index contributed by atoms with van der Waals surface area (Å²) >= 11 is 6.03. The highest BCUT2D eigenvalue weighted by Gasteiger charge is 2.25. The van der Waals surface area contributed by atoms with Crippen molar-refractivity contribution in [3.8, 4) is 0 Å². The molecule has 0 aliphatic heterocycles. The number of guanidine groups is 1. The molecule has 2 N–H and O–H groups in total. The second kappa shape index (κ2) is 8.49. The van der Waals surface area contributed by atoms with Crippen LogP contribution >= 0.6 is 11.6 Å². The van der Waals surface area contributed by atoms with Crippen molar-refractivity contribution in [1.82, 2.24) is 10.3 Å². The largest absolute Gasteiger partial charge is 0.353 e. The fourth-order valence-corrected chi connectivity index (χ4v) is 3.68. The van der Waals surface area contributed by atoms with Crippen molar-refractivity contribution in [2.75, 3.05) is 12.4 Å². The molecule has 6 heteroatoms. The smallest absolute Gasteiger partial charge is 0.195 e. The molecule has 3 rings (SSSR count). The van der Waals surface area contributed by atoms with Crippen molar-refractivity contribution in [3.63, 3.8) is 0 Å². The van der Waals surface area contributed by atoms with Gasteiger partial charge in [0, 0.05) is 30.0 Å². The van der Waals surface area contributed by atoms with E-state index in [1.165, 1.54) is 0 Å². The third-order valence-corrected chi connectivity index (χ3v) is 5.15. The molecule has 0 saturated heterocycles. The molecular weight excluding hydrogens is 351 g/mol. The Morgan fingerprint density at radius 1 is 1.23 bits per heavy atom. The number of rotatable bonds is 3. The van der Waals surface area contributed by atoms with Gasteiger partial charge >= 0.3 is 0 Å². The summed E-state index contributed by atoms with van der Waals surface area (Å²) in [7, 11) is 1.75. The van der Waals surface area contributed by atoms with Crippen LogP contribution in [-0.4, -0.2) is 24.0 Å². The molecule has 26 heavy (non-hydrogen) atoms. The third-order valence-electron chi connectivity index (χ3n) is 4.91. The van der Waals surface area contributed by atoms with Crippen LogP contribution in [0.4, 0.5) is 10.1 Å². The maximum atomic E-state index is 14.3. The van der Waals surface area contributed by atoms with E-state index in [0.717, 1.165) is 42.9 Å². The van der Waals surface area contributed by atoms with E-state index in [4.69, 9.17) is 11.6 Å². The van der Waals surface area contributed by atoms with E-state index in [0.29, 0.717) is 16.8 Å². The summed E-state index contributed by atoms with van der Waals surface area (Å²) in [5, 5.41) is 7.40. The topological polar surface area (TPSA) is 49.3 Å². The SMILES string of the molecule is C/N=C(\Nc1cccc(Cl)c1)NC1CCC(c2ccnc(C)c2F)CC1. The average molecular weight is 375 g/mol. The van der Waals surface area contributed by atoms with Gasteiger partial charge in [-0.2, -0.15) is 0 Å². The van der Waals surface area contributed by atoms with Gasteiger partial charge in [-0.3, -0.25) is 9.98 Å². The second-order valence-electron chi connectivity index (χ2n) is 6.70. The van der Waals surface area contributed by atoms with Gasteiger partial charge < -0.3 is 10.6 Å². The Hall–Kier alpha value is -2.14. The van der Waals surface area contributed by atoms with Gasteiger partial charge in [0.1, 0.15) is 5.82 Å². The lowest BCUT2D eigenvalue weighted by atomic mass is 9.81. The molecule has 1 fully saturated rings. The van der Waals surface area contributed by atoms with Crippen molar-refractivity contribution in [2.24, 2.45) is 4.99 Å². The number of halogens is 2. The molecule has 1 aromatic carbocycles. The molecule has 0 unspecified atom stereocenters. The Morgan fingerprint density at radius 3 is 2.69 bits per heavy atom. The first-order chi connectivity index (χ1) is 12.6. The van der Waals surface area contributed by atoms with Crippen molar-refractivity contribution >= 4 is 23.2 Å². The Labute approximate surface area is 158 Å². The molecule has 2 aromatic rings. The summed E-state index contributed by atoms with van der Waals surface area (Å²) < 4.78 is 14.3. The number of nitrogens with one attached hydrogen (secondary N) is 2. The molecule has 138 valence electrons. The number of hydrogen-bond acceptors (Lipinski definition) is 2. The fraction of sp³-hybridized carbons (Fsp3) is 0.400. The van der Waals surface area contributed by atoms with Crippen LogP contribution in [0.2, 0.25) is 5.02 Å². The lowest BCUT2D eigenvalue weighted by molar-refractivity contribution is 0.366. The van der Waals surface area contributed by atoms with E-state index in [9.17, 15) is 4.39 Å². The van der Waals surface area contributed by atoms with Crippen molar-refractivity contribution in [2.45, 2.75) is 44.6 Å². The molecule has 0 radical (unpaired) electrons. The average Bonchev–Trinajstić information content (AvgIpc) is 2.64. The zero-order chi connectivity index (χ0) is 18.5. The van der Waals surface area contributed by atoms with Crippen LogP contribution in [0.15, 0.2) is 41.5 Å². The van der Waals surface area contributed by atoms with Gasteiger partial charge in [-0.1, -0.05) is 17.7 Å². The van der Waals surface area contributed by atoms with Gasteiger partial charge in [0.15, 0.2) is 5.96 Å². The normalized spacial score (nSPS) is 20.7. The van der Waals surface area contributed by atoms with Gasteiger partial charge in [-0.15, -0.1) is 0 Å². The zero-order valence-corrected chi connectivity index (χ0v) is 15.9. The first-order valence-electron chi connectivity index (χ1n) is 8.93. The number of aromatic nitrogens is 1. The lowest BCUT2D eigenvalue weighted by Crippen LogP contribution is -2.41. The van der Waals surface area contributed by atoms with Gasteiger partial charge in [0.25, 0.3) is 0 Å². The minimum atomic E-state index is -0.151. The van der Waals surface area contributed by atoms with Crippen LogP contribution in [0.5, 0.6) is 0 Å². The third kappa shape index (κ3) is 4.52. The van der Waals surface area contributed by atoms with Crippen molar-refractivity contribution < 1.29 is 4.39 Å². The molecule has 0 bridgehead atoms. The number of nitrogens with zero attached hydrogens (tertiary/aromatic N) is 2. The summed E-state index contributed by atoms with van der Waals surface area (Å²) in [6.07, 6.45) is 5.55. The predicted octanol–water partition coefficient (Wildman–Crippen LogP) is 4.90. The summed E-state index contributed by atoms with van der Waals surface area (Å²) in [5.74, 6) is 0.835. The fourth-order valence-electron chi connectivity index (χ4n) is 3.48. The van der Waals surface area contributed by atoms with Gasteiger partial charge in [-0.05, 0) is 68.4 Å². The molecule has 0 spiro atoms. The van der Waals surface area contributed by atoms with E-state index >= 15 is 0 Å². The van der Waals surface area contributed by atoms with Crippen LogP contribution in [-0.2, 0) is 0 Å². The monoisotopic (exact) mass is 374 g/mol. The Balaban J connectivity index is 1.57. The van der Waals surface area contributed by atoms with Crippen molar-refractivity contribution in [1.29, 1.82) is 0 Å². The zero-order valence-electron chi connectivity index (χ0n) is 15.1. The quantitative estimate of drug-likeness (QED) is 0.593. The predicted molar refractivity (Wildman–Crippen MR) is 105 cm³/mol. The Bertz CT molecular complexity index is 785. The van der Waals surface area contributed by atoms with Crippen molar-refractivity contribution in [3.05, 3.63) is 58.6 Å². The minimum Gasteiger partial charge on any atom is -0.353 e. The molecule has 1 aliphatic carbocycles. The highest BCUT2D eigenvalue weighted by Crippen LogP contribution is 2.34. The van der Waals surface area contributed by atoms with Gasteiger partial charge in [0.2, 0.25) is 0 Å². The lowest BCUT2D eigenvalue weighted by Gasteiger charge is -2.30. The van der Waals surface area contributed by atoms with Crippen LogP contribution in [0.3, 0.4) is 0 Å². The molecular formula is C20H24ClFN4. The standard InChI is InChI=1S/C20H24ClFN4/c1-13-19(22)18(10-11-24-13)14-6-8-16(9-7-14)25-20(23-2)26-17-5-3-4-15(21)12-17/h3-5,10-12,14,16H,6-9H2,1-2H3,(H2,23,25,26). The second-order valence-corrected chi connectivity index (χ2v) is 7.14. The van der Waals surface area contributed by atoms with Crippen LogP contribution < -0.4 is 10.6 Å². The highest BCUT2D eigenvalue weighted by molar-refractivity contribution is 6.30. The maximum Gasteiger partial charge on any atom is 0.195 e. The first-order valence-corrected chi connectivity index (χ1v) is 9.31. The van der Waals surface area contributed by atoms with E-state index < -0.39 is 0 Å². The van der Waals surface area contributed by atoms with E-state index in [1.54, 1.807) is 20.2 Å². The highest BCUT2D eigenvalue weighted by atomic mass is 35.5. The number of pyridine rings is 1. The maximum absolute atomic E-state index is 14.3. The minimum absolute atomic E-state index is 0.151. The summed E-state index contributed by atoms with van der Waals surface area (Å²) in [5.41, 5.74) is 2.18. The van der Waals surface area contributed by atoms with E-state index in [2.05, 4.69) is 20.6 Å². The summed E-state index contributed by atoms with van der Waals surface area (Å²) in [6.45, 7) is 1.72. The summed E-state index contributed by atoms with van der Waals surface area (Å²) in [6, 6.07) is 9.69. The van der Waals surface area contributed by atoms with Crippen LogP contribution in [0.1, 0.15) is 42.9 Å². The molecule has 0 amide bonds. The molecule has 0 atom stereocenters. The molecule has 4 nitrogen and oxygen atoms in total. The number of anilines is 1. The number of hydrogen-bond donors (Lipinski definition) is 2. The van der Waals surface area contributed by atoms with E-state index in [1.807, 2.05) is 30.3 Å².